The number of carbonyl (C=O) groups is 1. The summed E-state index contributed by atoms with van der Waals surface area (Å²) in [6.07, 6.45) is -3.72. The van der Waals surface area contributed by atoms with Gasteiger partial charge in [0.15, 0.2) is 5.69 Å². The van der Waals surface area contributed by atoms with Crippen LogP contribution in [-0.4, -0.2) is 47.8 Å². The molecule has 3 rings (SSSR count). The van der Waals surface area contributed by atoms with Crippen molar-refractivity contribution in [1.29, 1.82) is 0 Å². The normalized spacial score (nSPS) is 12.9. The number of amides is 1. The van der Waals surface area contributed by atoms with Gasteiger partial charge in [-0.3, -0.25) is 14.2 Å². The number of anilines is 2. The lowest BCUT2D eigenvalue weighted by Crippen LogP contribution is -2.31. The molecule has 3 N–H and O–H groups in total. The molecule has 0 saturated heterocycles. The number of sulfonamides is 1. The van der Waals surface area contributed by atoms with Gasteiger partial charge in [-0.05, 0) is 37.6 Å². The Hall–Kier alpha value is -3.39. The first-order chi connectivity index (χ1) is 16.6. The number of aryl methyl sites for hydroxylation is 1. The summed E-state index contributed by atoms with van der Waals surface area (Å²) in [5, 5.41) is 5.29. The molecular weight excluding hydrogens is 525 g/mol. The van der Waals surface area contributed by atoms with E-state index in [0.717, 1.165) is 10.8 Å². The van der Waals surface area contributed by atoms with Gasteiger partial charge in [-0.1, -0.05) is 17.7 Å². The van der Waals surface area contributed by atoms with Gasteiger partial charge in [0.1, 0.15) is 11.7 Å². The summed E-state index contributed by atoms with van der Waals surface area (Å²) >= 11 is 5.89. The Bertz CT molecular complexity index is 1510. The molecule has 3 aromatic rings. The van der Waals surface area contributed by atoms with Crippen molar-refractivity contribution in [3.63, 3.8) is 0 Å². The molecule has 0 fully saturated rings. The Morgan fingerprint density at radius 1 is 1.22 bits per heavy atom. The predicted molar refractivity (Wildman–Crippen MR) is 130 cm³/mol. The predicted octanol–water partition coefficient (Wildman–Crippen LogP) is 3.13. The molecule has 0 radical (unpaired) electrons. The average Bonchev–Trinajstić information content (AvgIpc) is 2.74. The molecule has 1 amide bonds. The molecule has 0 unspecified atom stereocenters. The van der Waals surface area contributed by atoms with E-state index in [1.807, 2.05) is 4.72 Å². The molecule has 0 aliphatic heterocycles. The summed E-state index contributed by atoms with van der Waals surface area (Å²) < 4.78 is 64.1. The van der Waals surface area contributed by atoms with Gasteiger partial charge in [-0.25, -0.2) is 23.1 Å². The van der Waals surface area contributed by atoms with Crippen molar-refractivity contribution < 1.29 is 26.4 Å². The number of hydrogen-bond donors (Lipinski definition) is 3. The molecule has 36 heavy (non-hydrogen) atoms. The van der Waals surface area contributed by atoms with Gasteiger partial charge in [-0.15, -0.1) is 0 Å². The van der Waals surface area contributed by atoms with Crippen LogP contribution >= 0.6 is 11.6 Å². The van der Waals surface area contributed by atoms with E-state index in [9.17, 15) is 31.2 Å². The highest BCUT2D eigenvalue weighted by Crippen LogP contribution is 2.29. The first-order valence-corrected chi connectivity index (χ1v) is 12.6. The van der Waals surface area contributed by atoms with Crippen molar-refractivity contribution in [3.8, 4) is 0 Å². The first kappa shape index (κ1) is 27.2. The number of halogens is 4. The van der Waals surface area contributed by atoms with E-state index >= 15 is 0 Å². The highest BCUT2D eigenvalue weighted by molar-refractivity contribution is 7.89. The number of nitrogens with one attached hydrogen (secondary N) is 3. The Kier molecular flexibility index (Phi) is 7.50. The van der Waals surface area contributed by atoms with Gasteiger partial charge in [0.25, 0.3) is 11.5 Å². The van der Waals surface area contributed by atoms with Crippen molar-refractivity contribution in [2.75, 3.05) is 23.4 Å². The standard InChI is InChI=1S/C21H22ClF3N6O4S/c1-10-7-12(16-13(8-10)19(33)31(3)20(29-16)26-9-21(23,24)25)11(2)27-14-5-6-15(22)28-17(14)18(32)30-36(4,34)35/h5-8,11,27H,9H2,1-4H3,(H,26,29)(H,30,32)/t11-/m1/s1. The fourth-order valence-electron chi connectivity index (χ4n) is 3.47. The summed E-state index contributed by atoms with van der Waals surface area (Å²) in [7, 11) is -2.58. The highest BCUT2D eigenvalue weighted by Gasteiger charge is 2.28. The van der Waals surface area contributed by atoms with Crippen LogP contribution in [-0.2, 0) is 17.1 Å². The van der Waals surface area contributed by atoms with E-state index in [4.69, 9.17) is 11.6 Å². The quantitative estimate of drug-likeness (QED) is 0.385. The zero-order valence-corrected chi connectivity index (χ0v) is 21.1. The topological polar surface area (TPSA) is 135 Å². The Morgan fingerprint density at radius 2 is 1.89 bits per heavy atom. The maximum absolute atomic E-state index is 12.9. The maximum atomic E-state index is 12.9. The van der Waals surface area contributed by atoms with E-state index in [1.54, 1.807) is 26.0 Å². The number of alkyl halides is 3. The monoisotopic (exact) mass is 546 g/mol. The average molecular weight is 547 g/mol. The minimum atomic E-state index is -4.53. The summed E-state index contributed by atoms with van der Waals surface area (Å²) in [5.74, 6) is -1.29. The number of carbonyl (C=O) groups excluding carboxylic acids is 1. The van der Waals surface area contributed by atoms with E-state index < -0.39 is 40.3 Å². The molecule has 0 aliphatic rings. The molecule has 1 atom stereocenters. The summed E-state index contributed by atoms with van der Waals surface area (Å²) in [6.45, 7) is 2.02. The van der Waals surface area contributed by atoms with Crippen molar-refractivity contribution in [2.24, 2.45) is 7.05 Å². The number of hydrogen-bond acceptors (Lipinski definition) is 8. The zero-order valence-electron chi connectivity index (χ0n) is 19.5. The van der Waals surface area contributed by atoms with Gasteiger partial charge in [0.05, 0.1) is 28.9 Å². The van der Waals surface area contributed by atoms with Crippen molar-refractivity contribution in [2.45, 2.75) is 26.1 Å². The molecule has 194 valence electrons. The van der Waals surface area contributed by atoms with Crippen LogP contribution in [0, 0.1) is 6.92 Å². The molecule has 10 nitrogen and oxygen atoms in total. The number of nitrogens with zero attached hydrogens (tertiary/aromatic N) is 3. The van der Waals surface area contributed by atoms with Gasteiger partial charge >= 0.3 is 6.18 Å². The van der Waals surface area contributed by atoms with E-state index in [1.165, 1.54) is 19.2 Å². The maximum Gasteiger partial charge on any atom is 0.405 e. The number of aromatic nitrogens is 3. The van der Waals surface area contributed by atoms with Gasteiger partial charge in [0.2, 0.25) is 16.0 Å². The Labute approximate surface area is 208 Å². The third kappa shape index (κ3) is 6.43. The zero-order chi connectivity index (χ0) is 27.0. The smallest absolute Gasteiger partial charge is 0.377 e. The van der Waals surface area contributed by atoms with Crippen LogP contribution in [0.3, 0.4) is 0 Å². The molecule has 15 heteroatoms. The minimum Gasteiger partial charge on any atom is -0.377 e. The third-order valence-electron chi connectivity index (χ3n) is 4.99. The lowest BCUT2D eigenvalue weighted by molar-refractivity contribution is -0.115. The Morgan fingerprint density at radius 3 is 2.50 bits per heavy atom. The van der Waals surface area contributed by atoms with E-state index in [2.05, 4.69) is 20.6 Å². The second-order valence-corrected chi connectivity index (χ2v) is 10.3. The van der Waals surface area contributed by atoms with Crippen LogP contribution in [0.1, 0.15) is 34.6 Å². The molecule has 0 saturated carbocycles. The number of pyridine rings is 1. The van der Waals surface area contributed by atoms with Crippen LogP contribution in [0.25, 0.3) is 10.9 Å². The van der Waals surface area contributed by atoms with Crippen LogP contribution in [0.15, 0.2) is 29.1 Å². The Balaban J connectivity index is 2.09. The molecule has 1 aromatic carbocycles. The highest BCUT2D eigenvalue weighted by atomic mass is 35.5. The van der Waals surface area contributed by atoms with E-state index in [0.29, 0.717) is 11.1 Å². The molecule has 0 aliphatic carbocycles. The number of rotatable bonds is 7. The number of fused-ring (bicyclic) bond motifs is 1. The summed E-state index contributed by atoms with van der Waals surface area (Å²) in [6, 6.07) is 5.41. The van der Waals surface area contributed by atoms with Crippen LogP contribution in [0.2, 0.25) is 5.15 Å². The van der Waals surface area contributed by atoms with Gasteiger partial charge < -0.3 is 10.6 Å². The van der Waals surface area contributed by atoms with Crippen molar-refractivity contribution in [1.82, 2.24) is 19.3 Å². The lowest BCUT2D eigenvalue weighted by Gasteiger charge is -2.21. The summed E-state index contributed by atoms with van der Waals surface area (Å²) in [5.41, 5.74) is 0.559. The molecule has 2 heterocycles. The van der Waals surface area contributed by atoms with Crippen LogP contribution in [0.5, 0.6) is 0 Å². The number of benzene rings is 1. The van der Waals surface area contributed by atoms with Gasteiger partial charge in [-0.2, -0.15) is 13.2 Å². The van der Waals surface area contributed by atoms with Gasteiger partial charge in [0, 0.05) is 12.6 Å². The molecular formula is C21H22ClF3N6O4S. The largest absolute Gasteiger partial charge is 0.405 e. The minimum absolute atomic E-state index is 0.0570. The van der Waals surface area contributed by atoms with Crippen LogP contribution < -0.4 is 20.9 Å². The fourth-order valence-corrected chi connectivity index (χ4v) is 4.05. The second kappa shape index (κ2) is 9.93. The third-order valence-corrected chi connectivity index (χ3v) is 5.76. The van der Waals surface area contributed by atoms with Crippen LogP contribution in [0.4, 0.5) is 24.8 Å². The molecule has 0 bridgehead atoms. The van der Waals surface area contributed by atoms with Crippen molar-refractivity contribution >= 4 is 50.1 Å². The van der Waals surface area contributed by atoms with E-state index in [-0.39, 0.29) is 33.4 Å². The fraction of sp³-hybridized carbons (Fsp3) is 0.333. The molecule has 2 aromatic heterocycles. The first-order valence-electron chi connectivity index (χ1n) is 10.3. The lowest BCUT2D eigenvalue weighted by atomic mass is 10.0. The van der Waals surface area contributed by atoms with Crippen molar-refractivity contribution in [3.05, 3.63) is 56.6 Å². The SMILES string of the molecule is Cc1cc([C@@H](C)Nc2ccc(Cl)nc2C(=O)NS(C)(=O)=O)c2nc(NCC(F)(F)F)n(C)c(=O)c2c1. The summed E-state index contributed by atoms with van der Waals surface area (Å²) in [4.78, 5) is 33.6. The second-order valence-electron chi connectivity index (χ2n) is 8.12. The molecule has 0 spiro atoms.